The van der Waals surface area contributed by atoms with Crippen molar-refractivity contribution in [1.82, 2.24) is 4.57 Å². The van der Waals surface area contributed by atoms with Crippen molar-refractivity contribution in [3.8, 4) is 28.9 Å². The highest BCUT2D eigenvalue weighted by Gasteiger charge is 2.62. The predicted molar refractivity (Wildman–Crippen MR) is 105 cm³/mol. The van der Waals surface area contributed by atoms with Crippen LogP contribution in [0.1, 0.15) is 35.8 Å². The van der Waals surface area contributed by atoms with Crippen molar-refractivity contribution in [3.05, 3.63) is 40.4 Å². The highest BCUT2D eigenvalue weighted by atomic mass is 35.5. The largest absolute Gasteiger partial charge is 0.495 e. The zero-order valence-corrected chi connectivity index (χ0v) is 16.5. The van der Waals surface area contributed by atoms with Crippen molar-refractivity contribution >= 4 is 11.6 Å². The van der Waals surface area contributed by atoms with Crippen molar-refractivity contribution < 1.29 is 19.7 Å². The number of hydrogen-bond donors (Lipinski definition) is 2. The molecule has 4 aliphatic rings. The molecule has 6 rings (SSSR count). The van der Waals surface area contributed by atoms with Gasteiger partial charge in [-0.15, -0.1) is 0 Å². The average Bonchev–Trinajstić information content (AvgIpc) is 3.47. The molecule has 1 aromatic carbocycles. The molecule has 2 N–H and O–H groups in total. The number of methoxy groups -OCH3 is 2. The number of allylic oxidation sites excluding steroid dienone is 2. The molecule has 6 heteroatoms. The number of fused-ring (bicyclic) bond motifs is 12. The van der Waals surface area contributed by atoms with Crippen LogP contribution < -0.4 is 9.47 Å². The molecule has 1 heterocycles. The van der Waals surface area contributed by atoms with Gasteiger partial charge in [0.25, 0.3) is 0 Å². The molecule has 0 radical (unpaired) electrons. The molecule has 2 aromatic rings. The van der Waals surface area contributed by atoms with Crippen LogP contribution in [0.3, 0.4) is 0 Å². The number of hydrogen-bond acceptors (Lipinski definition) is 4. The van der Waals surface area contributed by atoms with Crippen LogP contribution in [0.2, 0.25) is 5.02 Å². The van der Waals surface area contributed by atoms with E-state index >= 15 is 0 Å². The van der Waals surface area contributed by atoms with Gasteiger partial charge in [-0.1, -0.05) is 23.8 Å². The number of ether oxygens (including phenoxy) is 2. The van der Waals surface area contributed by atoms with E-state index in [1.165, 1.54) is 18.1 Å². The summed E-state index contributed by atoms with van der Waals surface area (Å²) < 4.78 is 12.3. The van der Waals surface area contributed by atoms with E-state index in [9.17, 15) is 10.2 Å². The van der Waals surface area contributed by atoms with Crippen LogP contribution in [0.15, 0.2) is 24.3 Å². The van der Waals surface area contributed by atoms with E-state index in [1.807, 2.05) is 0 Å². The van der Waals surface area contributed by atoms with Crippen LogP contribution in [0.5, 0.6) is 23.3 Å². The van der Waals surface area contributed by atoms with Crippen molar-refractivity contribution in [2.24, 2.45) is 23.7 Å². The van der Waals surface area contributed by atoms with Gasteiger partial charge in [0.15, 0.2) is 0 Å². The van der Waals surface area contributed by atoms with Gasteiger partial charge in [-0.2, -0.15) is 0 Å². The lowest BCUT2D eigenvalue weighted by Gasteiger charge is -2.31. The summed E-state index contributed by atoms with van der Waals surface area (Å²) in [4.78, 5) is 0. The number of aromatic hydroxyl groups is 2. The second kappa shape index (κ2) is 5.41. The van der Waals surface area contributed by atoms with Gasteiger partial charge in [-0.25, -0.2) is 4.57 Å². The van der Waals surface area contributed by atoms with E-state index in [-0.39, 0.29) is 11.8 Å². The summed E-state index contributed by atoms with van der Waals surface area (Å²) >= 11 is 6.24. The molecular formula is C22H22ClNO4. The molecule has 6 unspecified atom stereocenters. The summed E-state index contributed by atoms with van der Waals surface area (Å²) in [5.74, 6) is 4.23. The molecule has 28 heavy (non-hydrogen) atoms. The molecule has 5 nitrogen and oxygen atoms in total. The average molecular weight is 400 g/mol. The minimum Gasteiger partial charge on any atom is -0.495 e. The Morgan fingerprint density at radius 3 is 2.00 bits per heavy atom. The molecule has 4 aliphatic carbocycles. The number of halogens is 1. The number of rotatable bonds is 3. The van der Waals surface area contributed by atoms with Gasteiger partial charge in [-0.3, -0.25) is 0 Å². The topological polar surface area (TPSA) is 63.9 Å². The lowest BCUT2D eigenvalue weighted by Crippen LogP contribution is -2.24. The van der Waals surface area contributed by atoms with Gasteiger partial charge in [0.1, 0.15) is 11.5 Å². The number of aromatic nitrogens is 1. The standard InChI is InChI=1S/C22H22ClNO4/c1-27-15-8-14(16(28-2)7-13(15)23)24-21(25)19-11-6-12(20(19)22(24)26)18-10-4-3-9(5-10)17(11)18/h3-4,7-12,17-18,25-26H,5-6H2,1-2H3. The second-order valence-corrected chi connectivity index (χ2v) is 8.93. The molecular weight excluding hydrogens is 378 g/mol. The first-order valence-corrected chi connectivity index (χ1v) is 10.2. The zero-order valence-electron chi connectivity index (χ0n) is 15.7. The fourth-order valence-corrected chi connectivity index (χ4v) is 7.03. The first-order valence-electron chi connectivity index (χ1n) is 9.81. The second-order valence-electron chi connectivity index (χ2n) is 8.52. The van der Waals surface area contributed by atoms with E-state index in [1.54, 1.807) is 19.2 Å². The fourth-order valence-electron chi connectivity index (χ4n) is 6.80. The van der Waals surface area contributed by atoms with E-state index < -0.39 is 0 Å². The van der Waals surface area contributed by atoms with Gasteiger partial charge >= 0.3 is 0 Å². The molecule has 146 valence electrons. The van der Waals surface area contributed by atoms with Crippen LogP contribution in [0.4, 0.5) is 0 Å². The van der Waals surface area contributed by atoms with Crippen LogP contribution >= 0.6 is 11.6 Å². The normalized spacial score (nSPS) is 33.4. The Labute approximate surface area is 168 Å². The first kappa shape index (κ1) is 16.7. The van der Waals surface area contributed by atoms with Crippen molar-refractivity contribution in [3.63, 3.8) is 0 Å². The summed E-state index contributed by atoms with van der Waals surface area (Å²) in [6.45, 7) is 0. The van der Waals surface area contributed by atoms with Gasteiger partial charge in [-0.05, 0) is 48.3 Å². The number of benzene rings is 1. The quantitative estimate of drug-likeness (QED) is 0.585. The molecule has 0 spiro atoms. The van der Waals surface area contributed by atoms with Crippen LogP contribution in [0, 0.1) is 23.7 Å². The lowest BCUT2D eigenvalue weighted by atomic mass is 9.72. The smallest absolute Gasteiger partial charge is 0.202 e. The first-order chi connectivity index (χ1) is 13.5. The van der Waals surface area contributed by atoms with E-state index in [0.717, 1.165) is 17.5 Å². The molecule has 0 aliphatic heterocycles. The molecule has 4 bridgehead atoms. The van der Waals surface area contributed by atoms with Crippen LogP contribution in [-0.4, -0.2) is 29.0 Å². The minimum atomic E-state index is 0.118. The highest BCUT2D eigenvalue weighted by molar-refractivity contribution is 6.32. The van der Waals surface area contributed by atoms with Crippen molar-refractivity contribution in [1.29, 1.82) is 0 Å². The van der Waals surface area contributed by atoms with Gasteiger partial charge in [0, 0.05) is 23.3 Å². The fraction of sp³-hybridized carbons (Fsp3) is 0.455. The van der Waals surface area contributed by atoms with E-state index in [4.69, 9.17) is 21.1 Å². The van der Waals surface area contributed by atoms with Crippen LogP contribution in [0.25, 0.3) is 5.69 Å². The molecule has 1 aromatic heterocycles. The summed E-state index contributed by atoms with van der Waals surface area (Å²) in [6.07, 6.45) is 7.01. The van der Waals surface area contributed by atoms with Crippen molar-refractivity contribution in [2.45, 2.75) is 24.7 Å². The van der Waals surface area contributed by atoms with E-state index in [0.29, 0.717) is 57.7 Å². The lowest BCUT2D eigenvalue weighted by molar-refractivity contribution is 0.298. The maximum absolute atomic E-state index is 11.2. The Hall–Kier alpha value is -2.27. The molecule has 2 saturated carbocycles. The van der Waals surface area contributed by atoms with Gasteiger partial charge in [0.2, 0.25) is 11.8 Å². The SMILES string of the molecule is COc1cc(-n2c(O)c3c(c2O)C2CC3C3C4C=CC(C4)C23)c(OC)cc1Cl. The summed E-state index contributed by atoms with van der Waals surface area (Å²) in [7, 11) is 3.08. The number of nitrogens with zero attached hydrogens (tertiary/aromatic N) is 1. The summed E-state index contributed by atoms with van der Waals surface area (Å²) in [6, 6.07) is 3.34. The van der Waals surface area contributed by atoms with Gasteiger partial charge < -0.3 is 19.7 Å². The molecule has 2 fully saturated rings. The third-order valence-electron chi connectivity index (χ3n) is 7.65. The van der Waals surface area contributed by atoms with Crippen LogP contribution in [-0.2, 0) is 0 Å². The predicted octanol–water partition coefficient (Wildman–Crippen LogP) is 4.58. The Kier molecular flexibility index (Phi) is 3.22. The highest BCUT2D eigenvalue weighted by Crippen LogP contribution is 2.72. The maximum Gasteiger partial charge on any atom is 0.202 e. The molecule has 0 amide bonds. The Morgan fingerprint density at radius 1 is 0.893 bits per heavy atom. The molecule has 6 atom stereocenters. The van der Waals surface area contributed by atoms with Gasteiger partial charge in [0.05, 0.1) is 24.9 Å². The maximum atomic E-state index is 11.2. The summed E-state index contributed by atoms with van der Waals surface area (Å²) in [5.41, 5.74) is 2.39. The Morgan fingerprint density at radius 2 is 1.46 bits per heavy atom. The molecule has 0 saturated heterocycles. The Bertz CT molecular complexity index is 994. The van der Waals surface area contributed by atoms with E-state index in [2.05, 4.69) is 12.2 Å². The third-order valence-corrected chi connectivity index (χ3v) is 7.95. The Balaban J connectivity index is 1.54. The zero-order chi connectivity index (χ0) is 19.3. The van der Waals surface area contributed by atoms with Crippen molar-refractivity contribution in [2.75, 3.05) is 14.2 Å². The minimum absolute atomic E-state index is 0.118. The monoisotopic (exact) mass is 399 g/mol. The summed E-state index contributed by atoms with van der Waals surface area (Å²) in [5, 5.41) is 22.8. The third kappa shape index (κ3) is 1.79.